The number of carbonyl (C=O) groups is 1. The first-order chi connectivity index (χ1) is 11.2. The van der Waals surface area contributed by atoms with Crippen molar-refractivity contribution in [2.45, 2.75) is 19.3 Å². The van der Waals surface area contributed by atoms with Crippen molar-refractivity contribution in [3.05, 3.63) is 71.1 Å². The van der Waals surface area contributed by atoms with Gasteiger partial charge in [-0.25, -0.2) is 4.98 Å². The van der Waals surface area contributed by atoms with Crippen LogP contribution < -0.4 is 5.32 Å². The van der Waals surface area contributed by atoms with Crippen LogP contribution in [0.15, 0.2) is 54.9 Å². The number of rotatable bonds is 6. The molecule has 0 saturated heterocycles. The van der Waals surface area contributed by atoms with Crippen molar-refractivity contribution in [2.24, 2.45) is 0 Å². The molecule has 3 aromatic rings. The summed E-state index contributed by atoms with van der Waals surface area (Å²) in [4.78, 5) is 16.4. The van der Waals surface area contributed by atoms with Crippen LogP contribution in [0.2, 0.25) is 5.02 Å². The van der Waals surface area contributed by atoms with E-state index < -0.39 is 0 Å². The van der Waals surface area contributed by atoms with E-state index in [9.17, 15) is 4.79 Å². The van der Waals surface area contributed by atoms with E-state index in [1.54, 1.807) is 0 Å². The summed E-state index contributed by atoms with van der Waals surface area (Å²) in [5.41, 5.74) is 2.90. The fourth-order valence-corrected chi connectivity index (χ4v) is 2.71. The number of hydrogen-bond donors (Lipinski definition) is 1. The monoisotopic (exact) mass is 327 g/mol. The van der Waals surface area contributed by atoms with Gasteiger partial charge in [-0.1, -0.05) is 35.9 Å². The van der Waals surface area contributed by atoms with E-state index >= 15 is 0 Å². The van der Waals surface area contributed by atoms with Crippen LogP contribution in [0.5, 0.6) is 0 Å². The lowest BCUT2D eigenvalue weighted by atomic mass is 10.1. The SMILES string of the molecule is O=C(CCc1ccccc1Cl)NCCc1cn2ccccc2n1. The number of hydrogen-bond acceptors (Lipinski definition) is 2. The zero-order valence-electron chi connectivity index (χ0n) is 12.7. The molecule has 118 valence electrons. The van der Waals surface area contributed by atoms with Crippen LogP contribution >= 0.6 is 11.6 Å². The first-order valence-electron chi connectivity index (χ1n) is 7.65. The Morgan fingerprint density at radius 1 is 1.13 bits per heavy atom. The topological polar surface area (TPSA) is 46.4 Å². The number of fused-ring (bicyclic) bond motifs is 1. The summed E-state index contributed by atoms with van der Waals surface area (Å²) < 4.78 is 1.98. The Bertz CT molecular complexity index is 780. The molecule has 0 aliphatic carbocycles. The number of halogens is 1. The molecule has 4 nitrogen and oxygen atoms in total. The smallest absolute Gasteiger partial charge is 0.220 e. The number of aryl methyl sites for hydroxylation is 1. The minimum atomic E-state index is 0.0358. The molecule has 0 bridgehead atoms. The first kappa shape index (κ1) is 15.6. The third-order valence-corrected chi connectivity index (χ3v) is 4.07. The van der Waals surface area contributed by atoms with Gasteiger partial charge in [-0.15, -0.1) is 0 Å². The van der Waals surface area contributed by atoms with Crippen LogP contribution in [0.25, 0.3) is 5.65 Å². The van der Waals surface area contributed by atoms with Gasteiger partial charge in [0.05, 0.1) is 5.69 Å². The molecule has 1 N–H and O–H groups in total. The van der Waals surface area contributed by atoms with Crippen LogP contribution in [0, 0.1) is 0 Å². The van der Waals surface area contributed by atoms with Crippen molar-refractivity contribution in [3.63, 3.8) is 0 Å². The second-order valence-corrected chi connectivity index (χ2v) is 5.80. The summed E-state index contributed by atoms with van der Waals surface area (Å²) in [6.07, 6.45) is 5.77. The Morgan fingerprint density at radius 2 is 1.96 bits per heavy atom. The van der Waals surface area contributed by atoms with Gasteiger partial charge in [0.1, 0.15) is 5.65 Å². The molecule has 0 radical (unpaired) electrons. The van der Waals surface area contributed by atoms with Gasteiger partial charge < -0.3 is 9.72 Å². The van der Waals surface area contributed by atoms with E-state index in [-0.39, 0.29) is 5.91 Å². The Labute approximate surface area is 140 Å². The third-order valence-electron chi connectivity index (χ3n) is 3.70. The quantitative estimate of drug-likeness (QED) is 0.755. The lowest BCUT2D eigenvalue weighted by Gasteiger charge is -2.05. The minimum Gasteiger partial charge on any atom is -0.356 e. The van der Waals surface area contributed by atoms with Crippen LogP contribution in [0.1, 0.15) is 17.7 Å². The highest BCUT2D eigenvalue weighted by Gasteiger charge is 2.06. The third kappa shape index (κ3) is 4.11. The zero-order valence-corrected chi connectivity index (χ0v) is 13.5. The van der Waals surface area contributed by atoms with Crippen molar-refractivity contribution in [3.8, 4) is 0 Å². The molecule has 5 heteroatoms. The molecule has 23 heavy (non-hydrogen) atoms. The number of benzene rings is 1. The molecule has 3 rings (SSSR count). The van der Waals surface area contributed by atoms with Gasteiger partial charge in [0.15, 0.2) is 0 Å². The van der Waals surface area contributed by atoms with Gasteiger partial charge in [-0.3, -0.25) is 4.79 Å². The summed E-state index contributed by atoms with van der Waals surface area (Å²) >= 11 is 6.09. The highest BCUT2D eigenvalue weighted by atomic mass is 35.5. The fourth-order valence-electron chi connectivity index (χ4n) is 2.48. The number of imidazole rings is 1. The Hall–Kier alpha value is -2.33. The molecule has 1 amide bonds. The van der Waals surface area contributed by atoms with E-state index in [4.69, 9.17) is 11.6 Å². The van der Waals surface area contributed by atoms with Crippen LogP contribution in [-0.4, -0.2) is 21.8 Å². The normalized spacial score (nSPS) is 10.8. The van der Waals surface area contributed by atoms with E-state index in [0.717, 1.165) is 23.3 Å². The predicted octanol–water partition coefficient (Wildman–Crippen LogP) is 3.28. The number of nitrogens with zero attached hydrogens (tertiary/aromatic N) is 2. The van der Waals surface area contributed by atoms with Crippen LogP contribution in [-0.2, 0) is 17.6 Å². The average molecular weight is 328 g/mol. The second kappa shape index (κ2) is 7.29. The maximum Gasteiger partial charge on any atom is 0.220 e. The van der Waals surface area contributed by atoms with Crippen molar-refractivity contribution in [1.82, 2.24) is 14.7 Å². The summed E-state index contributed by atoms with van der Waals surface area (Å²) in [5, 5.41) is 3.65. The summed E-state index contributed by atoms with van der Waals surface area (Å²) in [7, 11) is 0. The van der Waals surface area contributed by atoms with Gasteiger partial charge in [-0.2, -0.15) is 0 Å². The predicted molar refractivity (Wildman–Crippen MR) is 91.7 cm³/mol. The molecule has 0 aliphatic heterocycles. The number of amides is 1. The molecular weight excluding hydrogens is 310 g/mol. The maximum absolute atomic E-state index is 11.9. The maximum atomic E-state index is 11.9. The summed E-state index contributed by atoms with van der Waals surface area (Å²) in [6, 6.07) is 13.5. The number of pyridine rings is 1. The second-order valence-electron chi connectivity index (χ2n) is 5.39. The molecule has 0 atom stereocenters. The fraction of sp³-hybridized carbons (Fsp3) is 0.222. The van der Waals surface area contributed by atoms with Gasteiger partial charge in [0, 0.05) is 36.8 Å². The molecule has 1 aromatic carbocycles. The Morgan fingerprint density at radius 3 is 2.78 bits per heavy atom. The standard InChI is InChI=1S/C18H18ClN3O/c19-16-6-2-1-5-14(16)8-9-18(23)20-11-10-15-13-22-12-4-3-7-17(22)21-15/h1-7,12-13H,8-11H2,(H,20,23). The van der Waals surface area contributed by atoms with Gasteiger partial charge in [-0.05, 0) is 30.2 Å². The number of carbonyl (C=O) groups excluding carboxylic acids is 1. The highest BCUT2D eigenvalue weighted by molar-refractivity contribution is 6.31. The largest absolute Gasteiger partial charge is 0.356 e. The summed E-state index contributed by atoms with van der Waals surface area (Å²) in [6.45, 7) is 0.589. The van der Waals surface area contributed by atoms with Crippen molar-refractivity contribution < 1.29 is 4.79 Å². The van der Waals surface area contributed by atoms with E-state index in [1.807, 2.05) is 59.3 Å². The molecule has 0 spiro atoms. The first-order valence-corrected chi connectivity index (χ1v) is 8.03. The van der Waals surface area contributed by atoms with Crippen molar-refractivity contribution in [2.75, 3.05) is 6.54 Å². The molecule has 0 unspecified atom stereocenters. The van der Waals surface area contributed by atoms with E-state index in [0.29, 0.717) is 24.4 Å². The summed E-state index contributed by atoms with van der Waals surface area (Å²) in [5.74, 6) is 0.0358. The van der Waals surface area contributed by atoms with Crippen LogP contribution in [0.3, 0.4) is 0 Å². The number of nitrogens with one attached hydrogen (secondary N) is 1. The van der Waals surface area contributed by atoms with E-state index in [2.05, 4.69) is 10.3 Å². The van der Waals surface area contributed by atoms with Gasteiger partial charge >= 0.3 is 0 Å². The number of aromatic nitrogens is 2. The molecule has 2 aromatic heterocycles. The van der Waals surface area contributed by atoms with Crippen LogP contribution in [0.4, 0.5) is 0 Å². The lowest BCUT2D eigenvalue weighted by molar-refractivity contribution is -0.121. The minimum absolute atomic E-state index is 0.0358. The van der Waals surface area contributed by atoms with Crippen molar-refractivity contribution in [1.29, 1.82) is 0 Å². The zero-order chi connectivity index (χ0) is 16.1. The lowest BCUT2D eigenvalue weighted by Crippen LogP contribution is -2.26. The van der Waals surface area contributed by atoms with E-state index in [1.165, 1.54) is 0 Å². The van der Waals surface area contributed by atoms with Gasteiger partial charge in [0.2, 0.25) is 5.91 Å². The molecule has 0 fully saturated rings. The van der Waals surface area contributed by atoms with Gasteiger partial charge in [0.25, 0.3) is 0 Å². The highest BCUT2D eigenvalue weighted by Crippen LogP contribution is 2.16. The Balaban J connectivity index is 1.45. The van der Waals surface area contributed by atoms with Crippen molar-refractivity contribution >= 4 is 23.2 Å². The molecule has 0 saturated carbocycles. The molecular formula is C18H18ClN3O. The Kier molecular flexibility index (Phi) is 4.93. The average Bonchev–Trinajstić information content (AvgIpc) is 2.97. The molecule has 0 aliphatic rings. The molecule has 2 heterocycles.